The molecule has 0 aromatic carbocycles. The van der Waals surface area contributed by atoms with E-state index in [0.29, 0.717) is 12.0 Å². The Morgan fingerprint density at radius 1 is 1.23 bits per heavy atom. The third-order valence-electron chi connectivity index (χ3n) is 5.65. The molecule has 0 radical (unpaired) electrons. The first kappa shape index (κ1) is 21.1. The number of rotatable bonds is 5. The summed E-state index contributed by atoms with van der Waals surface area (Å²) in [4.78, 5) is 30.0. The lowest BCUT2D eigenvalue weighted by atomic mass is 9.74. The number of nitrogens with one attached hydrogen (secondary N) is 1. The van der Waals surface area contributed by atoms with Crippen LogP contribution in [0.3, 0.4) is 0 Å². The normalized spacial score (nSPS) is 21.7. The number of allylic oxidation sites excluding steroid dienone is 3. The van der Waals surface area contributed by atoms with Crippen molar-refractivity contribution in [3.63, 3.8) is 0 Å². The van der Waals surface area contributed by atoms with E-state index in [-0.39, 0.29) is 29.7 Å². The fraction of sp³-hybridized carbons (Fsp3) is 0.417. The highest BCUT2D eigenvalue weighted by molar-refractivity contribution is 7.12. The predicted octanol–water partition coefficient (Wildman–Crippen LogP) is 5.69. The average molecular weight is 442 g/mol. The van der Waals surface area contributed by atoms with Crippen molar-refractivity contribution in [2.24, 2.45) is 0 Å². The Balaban J connectivity index is 1.79. The minimum absolute atomic E-state index is 0.126. The number of carbonyl (C=O) groups excluding carboxylic acids is 2. The standard InChI is InChI=1S/C24H27NO3S2/c1-5-16-8-9-20(30-16)23-21(24(27)28-13(2)3)14(4)25-17-11-15(12-18(26)22(17)23)19-7-6-10-29-19/h6-10,13,15,23,25H,5,11-12H2,1-4H3/t15-,23-/m0/s1. The number of thiophene rings is 2. The third kappa shape index (κ3) is 3.91. The molecule has 3 heterocycles. The summed E-state index contributed by atoms with van der Waals surface area (Å²) in [7, 11) is 0. The molecule has 2 atom stereocenters. The van der Waals surface area contributed by atoms with E-state index in [1.165, 1.54) is 9.75 Å². The SMILES string of the molecule is CCc1ccc([C@H]2C(C(=O)OC(C)C)=C(C)NC3=C2C(=O)C[C@@H](c2cccs2)C3)s1. The summed E-state index contributed by atoms with van der Waals surface area (Å²) in [5, 5.41) is 5.47. The van der Waals surface area contributed by atoms with Gasteiger partial charge in [0.15, 0.2) is 5.78 Å². The monoisotopic (exact) mass is 441 g/mol. The molecule has 30 heavy (non-hydrogen) atoms. The topological polar surface area (TPSA) is 55.4 Å². The van der Waals surface area contributed by atoms with Gasteiger partial charge in [0.2, 0.25) is 0 Å². The van der Waals surface area contributed by atoms with Crippen molar-refractivity contribution in [1.29, 1.82) is 0 Å². The summed E-state index contributed by atoms with van der Waals surface area (Å²) >= 11 is 3.38. The third-order valence-corrected chi connectivity index (χ3v) is 7.98. The molecular weight excluding hydrogens is 414 g/mol. The zero-order valence-electron chi connectivity index (χ0n) is 17.8. The Morgan fingerprint density at radius 3 is 2.67 bits per heavy atom. The average Bonchev–Trinajstić information content (AvgIpc) is 3.38. The van der Waals surface area contributed by atoms with Crippen LogP contribution < -0.4 is 5.32 Å². The van der Waals surface area contributed by atoms with Crippen LogP contribution in [0.1, 0.15) is 67.0 Å². The van der Waals surface area contributed by atoms with Gasteiger partial charge in [-0.2, -0.15) is 0 Å². The molecule has 0 fully saturated rings. The predicted molar refractivity (Wildman–Crippen MR) is 122 cm³/mol. The Kier molecular flexibility index (Phi) is 5.98. The van der Waals surface area contributed by atoms with Gasteiger partial charge in [-0.3, -0.25) is 4.79 Å². The number of Topliss-reactive ketones (excluding diaryl/α,β-unsaturated/α-hetero) is 1. The molecular formula is C24H27NO3S2. The molecule has 0 spiro atoms. The molecule has 6 heteroatoms. The number of hydrogen-bond acceptors (Lipinski definition) is 6. The van der Waals surface area contributed by atoms with Gasteiger partial charge in [0.05, 0.1) is 17.6 Å². The maximum atomic E-state index is 13.4. The zero-order chi connectivity index (χ0) is 21.4. The number of esters is 1. The van der Waals surface area contributed by atoms with Gasteiger partial charge in [-0.05, 0) is 57.2 Å². The van der Waals surface area contributed by atoms with Crippen molar-refractivity contribution >= 4 is 34.4 Å². The molecule has 0 saturated heterocycles. The van der Waals surface area contributed by atoms with E-state index in [2.05, 4.69) is 35.8 Å². The van der Waals surface area contributed by atoms with Gasteiger partial charge >= 0.3 is 5.97 Å². The molecule has 158 valence electrons. The van der Waals surface area contributed by atoms with Crippen LogP contribution in [0.5, 0.6) is 0 Å². The first-order valence-corrected chi connectivity index (χ1v) is 12.2. The highest BCUT2D eigenvalue weighted by atomic mass is 32.1. The maximum Gasteiger partial charge on any atom is 0.337 e. The molecule has 4 rings (SSSR count). The summed E-state index contributed by atoms with van der Waals surface area (Å²) in [6.07, 6.45) is 1.99. The van der Waals surface area contributed by atoms with Crippen LogP contribution in [0, 0.1) is 0 Å². The summed E-state index contributed by atoms with van der Waals surface area (Å²) in [5.41, 5.74) is 3.05. The number of carbonyl (C=O) groups is 2. The van der Waals surface area contributed by atoms with E-state index < -0.39 is 0 Å². The fourth-order valence-corrected chi connectivity index (χ4v) is 6.24. The molecule has 1 aliphatic heterocycles. The minimum Gasteiger partial charge on any atom is -0.460 e. The second-order valence-electron chi connectivity index (χ2n) is 8.14. The van der Waals surface area contributed by atoms with Crippen LogP contribution in [0.25, 0.3) is 0 Å². The molecule has 1 N–H and O–H groups in total. The van der Waals surface area contributed by atoms with E-state index in [1.54, 1.807) is 22.7 Å². The molecule has 0 saturated carbocycles. The largest absolute Gasteiger partial charge is 0.460 e. The molecule has 2 aromatic rings. The van der Waals surface area contributed by atoms with E-state index in [4.69, 9.17) is 4.74 Å². The van der Waals surface area contributed by atoms with Crippen LogP contribution >= 0.6 is 22.7 Å². The van der Waals surface area contributed by atoms with Crippen molar-refractivity contribution in [1.82, 2.24) is 5.32 Å². The lowest BCUT2D eigenvalue weighted by Crippen LogP contribution is -2.36. The molecule has 0 bridgehead atoms. The lowest BCUT2D eigenvalue weighted by molar-refractivity contribution is -0.143. The van der Waals surface area contributed by atoms with E-state index >= 15 is 0 Å². The van der Waals surface area contributed by atoms with Crippen molar-refractivity contribution in [3.05, 3.63) is 66.8 Å². The van der Waals surface area contributed by atoms with Crippen LogP contribution in [-0.4, -0.2) is 17.9 Å². The number of dihydropyridines is 1. The Morgan fingerprint density at radius 2 is 2.03 bits per heavy atom. The van der Waals surface area contributed by atoms with Gasteiger partial charge in [-0.1, -0.05) is 13.0 Å². The number of hydrogen-bond donors (Lipinski definition) is 1. The van der Waals surface area contributed by atoms with Gasteiger partial charge in [0.1, 0.15) is 0 Å². The van der Waals surface area contributed by atoms with Gasteiger partial charge in [-0.15, -0.1) is 22.7 Å². The smallest absolute Gasteiger partial charge is 0.337 e. The first-order chi connectivity index (χ1) is 14.4. The van der Waals surface area contributed by atoms with Crippen LogP contribution in [0.2, 0.25) is 0 Å². The quantitative estimate of drug-likeness (QED) is 0.606. The van der Waals surface area contributed by atoms with Crippen LogP contribution in [0.15, 0.2) is 52.2 Å². The summed E-state index contributed by atoms with van der Waals surface area (Å²) in [6, 6.07) is 8.31. The number of ketones is 1. The Labute approximate surface area is 185 Å². The molecule has 0 amide bonds. The maximum absolute atomic E-state index is 13.4. The van der Waals surface area contributed by atoms with E-state index in [0.717, 1.165) is 34.7 Å². The van der Waals surface area contributed by atoms with Gasteiger partial charge in [0, 0.05) is 43.9 Å². The highest BCUT2D eigenvalue weighted by Crippen LogP contribution is 2.47. The number of aryl methyl sites for hydroxylation is 1. The van der Waals surface area contributed by atoms with Crippen LogP contribution in [0.4, 0.5) is 0 Å². The number of ether oxygens (including phenoxy) is 1. The van der Waals surface area contributed by atoms with Crippen LogP contribution in [-0.2, 0) is 20.7 Å². The van der Waals surface area contributed by atoms with Crippen molar-refractivity contribution in [2.45, 2.75) is 64.9 Å². The Hall–Kier alpha value is -2.18. The van der Waals surface area contributed by atoms with E-state index in [9.17, 15) is 9.59 Å². The van der Waals surface area contributed by atoms with Crippen molar-refractivity contribution in [2.75, 3.05) is 0 Å². The van der Waals surface area contributed by atoms with Crippen molar-refractivity contribution in [3.8, 4) is 0 Å². The zero-order valence-corrected chi connectivity index (χ0v) is 19.4. The first-order valence-electron chi connectivity index (χ1n) is 10.5. The van der Waals surface area contributed by atoms with Gasteiger partial charge < -0.3 is 10.1 Å². The molecule has 4 nitrogen and oxygen atoms in total. The van der Waals surface area contributed by atoms with Gasteiger partial charge in [0.25, 0.3) is 0 Å². The molecule has 1 aliphatic carbocycles. The highest BCUT2D eigenvalue weighted by Gasteiger charge is 2.42. The second-order valence-corrected chi connectivity index (χ2v) is 10.3. The molecule has 2 aliphatic rings. The fourth-order valence-electron chi connectivity index (χ4n) is 4.34. The molecule has 0 unspecified atom stereocenters. The minimum atomic E-state index is -0.352. The van der Waals surface area contributed by atoms with Gasteiger partial charge in [-0.25, -0.2) is 4.79 Å². The van der Waals surface area contributed by atoms with Crippen molar-refractivity contribution < 1.29 is 14.3 Å². The summed E-state index contributed by atoms with van der Waals surface area (Å²) in [5.74, 6) is -0.377. The summed E-state index contributed by atoms with van der Waals surface area (Å²) in [6.45, 7) is 7.74. The Bertz CT molecular complexity index is 1030. The lowest BCUT2D eigenvalue weighted by Gasteiger charge is -2.36. The second kappa shape index (κ2) is 8.52. The van der Waals surface area contributed by atoms with E-state index in [1.807, 2.05) is 26.8 Å². The molecule has 2 aromatic heterocycles. The summed E-state index contributed by atoms with van der Waals surface area (Å²) < 4.78 is 5.58.